The van der Waals surface area contributed by atoms with E-state index in [0.29, 0.717) is 12.5 Å². The molecule has 0 aromatic carbocycles. The number of piperidine rings is 1. The summed E-state index contributed by atoms with van der Waals surface area (Å²) in [6, 6.07) is 0. The lowest BCUT2D eigenvalue weighted by atomic mass is 9.96. The molecule has 1 N–H and O–H groups in total. The van der Waals surface area contributed by atoms with Crippen LogP contribution >= 0.6 is 11.3 Å². The molecule has 1 aliphatic rings. The Morgan fingerprint density at radius 1 is 1.33 bits per heavy atom. The monoisotopic (exact) mass is 437 g/mol. The molecule has 0 aliphatic carbocycles. The summed E-state index contributed by atoms with van der Waals surface area (Å²) in [5, 5.41) is 4.63. The Kier molecular flexibility index (Phi) is 8.94. The summed E-state index contributed by atoms with van der Waals surface area (Å²) in [7, 11) is 1.85. The van der Waals surface area contributed by atoms with Crippen molar-refractivity contribution in [3.05, 3.63) is 15.6 Å². The summed E-state index contributed by atoms with van der Waals surface area (Å²) in [5.74, 6) is 1.46. The lowest BCUT2D eigenvalue weighted by Crippen LogP contribution is -2.48. The Labute approximate surface area is 185 Å². The van der Waals surface area contributed by atoms with Crippen molar-refractivity contribution in [1.29, 1.82) is 0 Å². The molecule has 0 spiro atoms. The van der Waals surface area contributed by atoms with Gasteiger partial charge in [-0.3, -0.25) is 4.99 Å². The number of carbonyl (C=O) groups is 1. The summed E-state index contributed by atoms with van der Waals surface area (Å²) in [6.45, 7) is 16.1. The van der Waals surface area contributed by atoms with Crippen molar-refractivity contribution < 1.29 is 9.53 Å². The summed E-state index contributed by atoms with van der Waals surface area (Å²) < 4.78 is 5.54. The number of aliphatic imine (C=N–C) groups is 1. The van der Waals surface area contributed by atoms with Gasteiger partial charge >= 0.3 is 6.09 Å². The number of nitrogens with one attached hydrogen (secondary N) is 1. The van der Waals surface area contributed by atoms with E-state index < -0.39 is 5.60 Å². The van der Waals surface area contributed by atoms with Gasteiger partial charge in [-0.25, -0.2) is 9.78 Å². The maximum absolute atomic E-state index is 12.4. The number of nitrogens with zero attached hydrogens (tertiary/aromatic N) is 4. The molecular formula is C22H39N5O2S. The number of guanidine groups is 1. The number of hydrogen-bond acceptors (Lipinski definition) is 5. The van der Waals surface area contributed by atoms with Gasteiger partial charge in [-0.2, -0.15) is 0 Å². The number of ether oxygens (including phenoxy) is 1. The molecule has 2 rings (SSSR count). The van der Waals surface area contributed by atoms with Crippen LogP contribution in [0.3, 0.4) is 0 Å². The molecule has 2 heterocycles. The minimum atomic E-state index is -0.456. The van der Waals surface area contributed by atoms with E-state index in [1.54, 1.807) is 11.3 Å². The first kappa shape index (κ1) is 24.4. The third-order valence-corrected chi connectivity index (χ3v) is 6.41. The van der Waals surface area contributed by atoms with Crippen LogP contribution in [0, 0.1) is 19.8 Å². The Balaban J connectivity index is 1.78. The predicted molar refractivity (Wildman–Crippen MR) is 124 cm³/mol. The second kappa shape index (κ2) is 11.0. The van der Waals surface area contributed by atoms with Gasteiger partial charge in [-0.15, -0.1) is 11.3 Å². The highest BCUT2D eigenvalue weighted by atomic mass is 32.1. The number of carbonyl (C=O) groups excluding carboxylic acids is 1. The molecule has 0 unspecified atom stereocenters. The van der Waals surface area contributed by atoms with Crippen LogP contribution in [0.2, 0.25) is 0 Å². The minimum Gasteiger partial charge on any atom is -0.444 e. The van der Waals surface area contributed by atoms with Crippen molar-refractivity contribution in [2.45, 2.75) is 66.4 Å². The molecule has 1 saturated heterocycles. The molecule has 8 heteroatoms. The number of aromatic nitrogens is 1. The standard InChI is InChI=1S/C22H39N5O2S/c1-8-26(21(28)29-22(4,5)6)15-18-10-13-27(14-11-18)20(23-7)24-12-9-19-16(2)25-17(3)30-19/h18H,8-15H2,1-7H3,(H,23,24). The molecule has 1 aromatic rings. The fourth-order valence-corrected chi connectivity index (χ4v) is 4.66. The molecule has 1 aliphatic heterocycles. The topological polar surface area (TPSA) is 70.1 Å². The molecular weight excluding hydrogens is 398 g/mol. The zero-order chi connectivity index (χ0) is 22.3. The Morgan fingerprint density at radius 3 is 2.50 bits per heavy atom. The normalized spacial score (nSPS) is 16.0. The quantitative estimate of drug-likeness (QED) is 0.541. The van der Waals surface area contributed by atoms with Crippen molar-refractivity contribution in [3.63, 3.8) is 0 Å². The number of likely N-dealkylation sites (tertiary alicyclic amines) is 1. The maximum Gasteiger partial charge on any atom is 0.410 e. The summed E-state index contributed by atoms with van der Waals surface area (Å²) in [4.78, 5) is 26.9. The highest BCUT2D eigenvalue weighted by molar-refractivity contribution is 7.11. The van der Waals surface area contributed by atoms with Gasteiger partial charge in [0, 0.05) is 51.1 Å². The second-order valence-corrected chi connectivity index (χ2v) is 10.2. The maximum atomic E-state index is 12.4. The highest BCUT2D eigenvalue weighted by Crippen LogP contribution is 2.20. The fourth-order valence-electron chi connectivity index (χ4n) is 3.72. The zero-order valence-corrected chi connectivity index (χ0v) is 20.6. The van der Waals surface area contributed by atoms with Crippen molar-refractivity contribution in [3.8, 4) is 0 Å². The van der Waals surface area contributed by atoms with Gasteiger partial charge in [0.15, 0.2) is 5.96 Å². The molecule has 1 fully saturated rings. The van der Waals surface area contributed by atoms with Crippen LogP contribution in [0.4, 0.5) is 4.79 Å². The van der Waals surface area contributed by atoms with Crippen molar-refractivity contribution in [2.24, 2.45) is 10.9 Å². The largest absolute Gasteiger partial charge is 0.444 e. The third-order valence-electron chi connectivity index (χ3n) is 5.27. The van der Waals surface area contributed by atoms with E-state index in [1.807, 2.05) is 39.6 Å². The Bertz CT molecular complexity index is 718. The van der Waals surface area contributed by atoms with Gasteiger partial charge in [-0.05, 0) is 60.3 Å². The van der Waals surface area contributed by atoms with E-state index in [2.05, 4.69) is 34.0 Å². The number of rotatable bonds is 6. The van der Waals surface area contributed by atoms with Gasteiger partial charge in [0.1, 0.15) is 5.60 Å². The SMILES string of the molecule is CCN(CC1CCN(C(=NC)NCCc2sc(C)nc2C)CC1)C(=O)OC(C)(C)C. The fraction of sp³-hybridized carbons (Fsp3) is 0.773. The van der Waals surface area contributed by atoms with Crippen LogP contribution < -0.4 is 5.32 Å². The van der Waals surface area contributed by atoms with E-state index in [4.69, 9.17) is 4.74 Å². The van der Waals surface area contributed by atoms with Gasteiger partial charge in [0.25, 0.3) is 0 Å². The van der Waals surface area contributed by atoms with Gasteiger partial charge < -0.3 is 19.9 Å². The van der Waals surface area contributed by atoms with E-state index in [-0.39, 0.29) is 6.09 Å². The zero-order valence-electron chi connectivity index (χ0n) is 19.7. The lowest BCUT2D eigenvalue weighted by Gasteiger charge is -2.36. The summed E-state index contributed by atoms with van der Waals surface area (Å²) in [6.07, 6.45) is 2.85. The average Bonchev–Trinajstić information content (AvgIpc) is 2.99. The molecule has 170 valence electrons. The molecule has 0 saturated carbocycles. The first-order chi connectivity index (χ1) is 14.1. The summed E-state index contributed by atoms with van der Waals surface area (Å²) in [5.41, 5.74) is 0.684. The molecule has 0 atom stereocenters. The van der Waals surface area contributed by atoms with Crippen LogP contribution in [-0.2, 0) is 11.2 Å². The number of thiazole rings is 1. The first-order valence-electron chi connectivity index (χ1n) is 11.0. The van der Waals surface area contributed by atoms with E-state index in [0.717, 1.165) is 62.1 Å². The van der Waals surface area contributed by atoms with Crippen LogP contribution in [0.25, 0.3) is 0 Å². The molecule has 0 bridgehead atoms. The number of hydrogen-bond donors (Lipinski definition) is 1. The molecule has 1 aromatic heterocycles. The number of amides is 1. The highest BCUT2D eigenvalue weighted by Gasteiger charge is 2.27. The lowest BCUT2D eigenvalue weighted by molar-refractivity contribution is 0.0214. The molecule has 0 radical (unpaired) electrons. The van der Waals surface area contributed by atoms with E-state index in [1.165, 1.54) is 4.88 Å². The van der Waals surface area contributed by atoms with Crippen molar-refractivity contribution in [2.75, 3.05) is 39.8 Å². The van der Waals surface area contributed by atoms with Crippen molar-refractivity contribution in [1.82, 2.24) is 20.1 Å². The molecule has 7 nitrogen and oxygen atoms in total. The Morgan fingerprint density at radius 2 is 2.00 bits per heavy atom. The molecule has 30 heavy (non-hydrogen) atoms. The average molecular weight is 438 g/mol. The number of aryl methyl sites for hydroxylation is 2. The van der Waals surface area contributed by atoms with Gasteiger partial charge in [0.05, 0.1) is 10.7 Å². The summed E-state index contributed by atoms with van der Waals surface area (Å²) >= 11 is 1.78. The third kappa shape index (κ3) is 7.45. The minimum absolute atomic E-state index is 0.210. The van der Waals surface area contributed by atoms with E-state index in [9.17, 15) is 4.79 Å². The Hall–Kier alpha value is -1.83. The molecule has 1 amide bonds. The van der Waals surface area contributed by atoms with Gasteiger partial charge in [0.2, 0.25) is 0 Å². The van der Waals surface area contributed by atoms with Crippen LogP contribution in [0.1, 0.15) is 56.1 Å². The van der Waals surface area contributed by atoms with Crippen LogP contribution in [0.5, 0.6) is 0 Å². The van der Waals surface area contributed by atoms with Crippen molar-refractivity contribution >= 4 is 23.4 Å². The first-order valence-corrected chi connectivity index (χ1v) is 11.8. The second-order valence-electron chi connectivity index (χ2n) is 8.91. The smallest absolute Gasteiger partial charge is 0.410 e. The van der Waals surface area contributed by atoms with E-state index >= 15 is 0 Å². The van der Waals surface area contributed by atoms with Crippen LogP contribution in [-0.4, -0.2) is 72.2 Å². The van der Waals surface area contributed by atoms with Crippen LogP contribution in [0.15, 0.2) is 4.99 Å². The predicted octanol–water partition coefficient (Wildman–Crippen LogP) is 3.85. The van der Waals surface area contributed by atoms with Gasteiger partial charge in [-0.1, -0.05) is 0 Å².